The molecular formula is C25H26F2N4O2S. The first-order chi connectivity index (χ1) is 16.5. The van der Waals surface area contributed by atoms with E-state index in [4.69, 9.17) is 0 Å². The van der Waals surface area contributed by atoms with Gasteiger partial charge in [-0.1, -0.05) is 30.3 Å². The van der Waals surface area contributed by atoms with Gasteiger partial charge in [0.1, 0.15) is 23.2 Å². The lowest BCUT2D eigenvalue weighted by atomic mass is 9.94. The zero-order valence-electron chi connectivity index (χ0n) is 18.5. The van der Waals surface area contributed by atoms with E-state index < -0.39 is 0 Å². The minimum atomic E-state index is -0.370. The van der Waals surface area contributed by atoms with Gasteiger partial charge in [0, 0.05) is 31.1 Å². The van der Waals surface area contributed by atoms with Crippen LogP contribution in [-0.2, 0) is 16.1 Å². The van der Waals surface area contributed by atoms with Crippen LogP contribution in [0.5, 0.6) is 0 Å². The highest BCUT2D eigenvalue weighted by atomic mass is 32.2. The second-order valence-electron chi connectivity index (χ2n) is 8.82. The molecule has 3 unspecified atom stereocenters. The Morgan fingerprint density at radius 1 is 1.09 bits per heavy atom. The van der Waals surface area contributed by atoms with Crippen LogP contribution in [0.2, 0.25) is 0 Å². The van der Waals surface area contributed by atoms with Gasteiger partial charge in [0.05, 0.1) is 6.04 Å². The van der Waals surface area contributed by atoms with E-state index in [9.17, 15) is 18.4 Å². The van der Waals surface area contributed by atoms with Crippen molar-refractivity contribution in [1.29, 1.82) is 0 Å². The van der Waals surface area contributed by atoms with Crippen molar-refractivity contribution in [2.45, 2.75) is 37.0 Å². The number of carbonyl (C=O) groups excluding carboxylic acids is 2. The Morgan fingerprint density at radius 2 is 1.82 bits per heavy atom. The van der Waals surface area contributed by atoms with Gasteiger partial charge in [-0.15, -0.1) is 11.8 Å². The number of fused-ring (bicyclic) bond motifs is 1. The number of carbonyl (C=O) groups is 2. The van der Waals surface area contributed by atoms with Crippen molar-refractivity contribution < 1.29 is 18.4 Å². The molecule has 178 valence electrons. The first-order valence-electron chi connectivity index (χ1n) is 11.4. The summed E-state index contributed by atoms with van der Waals surface area (Å²) < 4.78 is 27.5. The second kappa shape index (κ2) is 9.85. The lowest BCUT2D eigenvalue weighted by Crippen LogP contribution is -2.68. The Bertz CT molecular complexity index is 1100. The molecule has 3 N–H and O–H groups in total. The zero-order valence-corrected chi connectivity index (χ0v) is 19.3. The summed E-state index contributed by atoms with van der Waals surface area (Å²) in [6, 6.07) is 12.4. The van der Waals surface area contributed by atoms with Crippen LogP contribution in [0.25, 0.3) is 5.57 Å². The van der Waals surface area contributed by atoms with E-state index in [0.717, 1.165) is 11.1 Å². The maximum atomic E-state index is 14.4. The quantitative estimate of drug-likeness (QED) is 0.609. The molecule has 0 aromatic heterocycles. The van der Waals surface area contributed by atoms with Gasteiger partial charge in [-0.25, -0.2) is 8.78 Å². The predicted octanol–water partition coefficient (Wildman–Crippen LogP) is 2.82. The number of hydrogen-bond acceptors (Lipinski definition) is 5. The first-order valence-corrected chi connectivity index (χ1v) is 12.4. The van der Waals surface area contributed by atoms with Gasteiger partial charge in [0.15, 0.2) is 0 Å². The SMILES string of the molecule is O=C(NCc1ccc(F)cc1)C1CCN(C2NC(=O)C3SC=C(c4ccccc4F)C3N2)CC1. The average Bonchev–Trinajstić information content (AvgIpc) is 3.28. The third-order valence-electron chi connectivity index (χ3n) is 6.68. The van der Waals surface area contributed by atoms with E-state index in [1.54, 1.807) is 30.3 Å². The van der Waals surface area contributed by atoms with E-state index in [1.165, 1.54) is 30.0 Å². The van der Waals surface area contributed by atoms with Crippen LogP contribution >= 0.6 is 11.8 Å². The molecule has 2 saturated heterocycles. The Kier molecular flexibility index (Phi) is 6.67. The number of rotatable bonds is 5. The van der Waals surface area contributed by atoms with Gasteiger partial charge in [0.25, 0.3) is 0 Å². The minimum Gasteiger partial charge on any atom is -0.352 e. The minimum absolute atomic E-state index is 0.0124. The molecule has 2 aromatic rings. The van der Waals surface area contributed by atoms with Crippen molar-refractivity contribution >= 4 is 29.1 Å². The smallest absolute Gasteiger partial charge is 0.237 e. The summed E-state index contributed by atoms with van der Waals surface area (Å²) in [5, 5.41) is 11.0. The average molecular weight is 485 g/mol. The number of hydrogen-bond donors (Lipinski definition) is 3. The molecule has 3 aliphatic rings. The van der Waals surface area contributed by atoms with Gasteiger partial charge in [-0.05, 0) is 47.6 Å². The van der Waals surface area contributed by atoms with Gasteiger partial charge in [0.2, 0.25) is 11.8 Å². The van der Waals surface area contributed by atoms with Gasteiger partial charge in [-0.3, -0.25) is 19.8 Å². The Balaban J connectivity index is 1.17. The molecule has 3 atom stereocenters. The number of amides is 2. The highest BCUT2D eigenvalue weighted by Crippen LogP contribution is 2.39. The maximum Gasteiger partial charge on any atom is 0.237 e. The highest BCUT2D eigenvalue weighted by Gasteiger charge is 2.44. The summed E-state index contributed by atoms with van der Waals surface area (Å²) in [4.78, 5) is 27.5. The van der Waals surface area contributed by atoms with Crippen molar-refractivity contribution in [1.82, 2.24) is 20.9 Å². The summed E-state index contributed by atoms with van der Waals surface area (Å²) in [6.07, 6.45) is 0.968. The van der Waals surface area contributed by atoms with Gasteiger partial charge in [-0.2, -0.15) is 0 Å². The number of likely N-dealkylation sites (tertiary alicyclic amines) is 1. The molecule has 6 nitrogen and oxygen atoms in total. The molecule has 0 bridgehead atoms. The lowest BCUT2D eigenvalue weighted by molar-refractivity contribution is -0.129. The topological polar surface area (TPSA) is 73.5 Å². The summed E-state index contributed by atoms with van der Waals surface area (Å²) in [5.74, 6) is -0.793. The van der Waals surface area contributed by atoms with E-state index >= 15 is 0 Å². The molecule has 0 saturated carbocycles. The third kappa shape index (κ3) is 4.73. The summed E-state index contributed by atoms with van der Waals surface area (Å²) in [6.45, 7) is 1.66. The Labute approximate surface area is 201 Å². The monoisotopic (exact) mass is 484 g/mol. The molecule has 34 heavy (non-hydrogen) atoms. The fraction of sp³-hybridized carbons (Fsp3) is 0.360. The second-order valence-corrected chi connectivity index (χ2v) is 9.84. The number of halogens is 2. The van der Waals surface area contributed by atoms with Crippen molar-refractivity contribution in [2.75, 3.05) is 13.1 Å². The van der Waals surface area contributed by atoms with Crippen LogP contribution in [0, 0.1) is 17.6 Å². The summed E-state index contributed by atoms with van der Waals surface area (Å²) in [7, 11) is 0. The van der Waals surface area contributed by atoms with Crippen molar-refractivity contribution in [3.63, 3.8) is 0 Å². The van der Waals surface area contributed by atoms with Crippen molar-refractivity contribution in [3.05, 3.63) is 76.7 Å². The summed E-state index contributed by atoms with van der Waals surface area (Å²) in [5.41, 5.74) is 2.16. The van der Waals surface area contributed by atoms with Crippen LogP contribution in [0.4, 0.5) is 8.78 Å². The number of benzene rings is 2. The number of thioether (sulfide) groups is 1. The predicted molar refractivity (Wildman–Crippen MR) is 127 cm³/mol. The molecule has 0 spiro atoms. The molecular weight excluding hydrogens is 458 g/mol. The number of nitrogens with zero attached hydrogens (tertiary/aromatic N) is 1. The maximum absolute atomic E-state index is 14.4. The van der Waals surface area contributed by atoms with Crippen LogP contribution < -0.4 is 16.0 Å². The Morgan fingerprint density at radius 3 is 2.56 bits per heavy atom. The normalized spacial score (nSPS) is 25.4. The summed E-state index contributed by atoms with van der Waals surface area (Å²) >= 11 is 1.41. The molecule has 2 fully saturated rings. The van der Waals surface area contributed by atoms with Crippen molar-refractivity contribution in [2.24, 2.45) is 5.92 Å². The Hall–Kier alpha value is -2.75. The molecule has 9 heteroatoms. The van der Waals surface area contributed by atoms with Crippen LogP contribution in [0.1, 0.15) is 24.0 Å². The number of piperidine rings is 1. The van der Waals surface area contributed by atoms with Crippen LogP contribution in [0.15, 0.2) is 53.9 Å². The fourth-order valence-corrected chi connectivity index (χ4v) is 5.90. The van der Waals surface area contributed by atoms with Gasteiger partial charge >= 0.3 is 0 Å². The fourth-order valence-electron chi connectivity index (χ4n) is 4.76. The van der Waals surface area contributed by atoms with E-state index in [-0.39, 0.29) is 46.9 Å². The largest absolute Gasteiger partial charge is 0.352 e. The van der Waals surface area contributed by atoms with E-state index in [0.29, 0.717) is 38.0 Å². The van der Waals surface area contributed by atoms with Gasteiger partial charge < -0.3 is 10.6 Å². The molecule has 0 aliphatic carbocycles. The van der Waals surface area contributed by atoms with Crippen LogP contribution in [0.3, 0.4) is 0 Å². The third-order valence-corrected chi connectivity index (χ3v) is 7.85. The molecule has 2 aromatic carbocycles. The van der Waals surface area contributed by atoms with E-state index in [2.05, 4.69) is 20.9 Å². The zero-order chi connectivity index (χ0) is 23.7. The number of nitrogens with one attached hydrogen (secondary N) is 3. The van der Waals surface area contributed by atoms with Crippen LogP contribution in [-0.4, -0.2) is 47.4 Å². The highest BCUT2D eigenvalue weighted by molar-refractivity contribution is 8.04. The van der Waals surface area contributed by atoms with Crippen molar-refractivity contribution in [3.8, 4) is 0 Å². The molecule has 3 heterocycles. The molecule has 0 radical (unpaired) electrons. The standard InChI is InChI=1S/C25H26F2N4O2S/c26-17-7-5-15(6-8-17)13-28-23(32)16-9-11-31(12-10-16)25-29-21-19(14-34-22(21)24(33)30-25)18-3-1-2-4-20(18)27/h1-8,14,16,21-22,25,29H,9-13H2,(H,28,32)(H,30,33). The van der Waals surface area contributed by atoms with E-state index in [1.807, 2.05) is 5.41 Å². The first kappa shape index (κ1) is 23.0. The molecule has 3 aliphatic heterocycles. The molecule has 5 rings (SSSR count). The lowest BCUT2D eigenvalue weighted by Gasteiger charge is -2.43. The molecule has 2 amide bonds.